The average molecular weight is 355 g/mol. The monoisotopic (exact) mass is 355 g/mol. The van der Waals surface area contributed by atoms with E-state index in [-0.39, 0.29) is 5.75 Å². The molecule has 1 N–H and O–H groups in total. The van der Waals surface area contributed by atoms with Gasteiger partial charge >= 0.3 is 0 Å². The number of phenols is 1. The summed E-state index contributed by atoms with van der Waals surface area (Å²) >= 11 is 0. The molecule has 2 aromatic carbocycles. The van der Waals surface area contributed by atoms with Crippen molar-refractivity contribution in [3.8, 4) is 17.2 Å². The lowest BCUT2D eigenvalue weighted by atomic mass is 10.2. The number of rotatable bonds is 6. The second-order valence-corrected chi connectivity index (χ2v) is 6.23. The van der Waals surface area contributed by atoms with Gasteiger partial charge in [-0.3, -0.25) is 9.91 Å². The van der Waals surface area contributed by atoms with E-state index in [1.807, 2.05) is 6.07 Å². The van der Waals surface area contributed by atoms with E-state index in [1.165, 1.54) is 19.8 Å². The lowest BCUT2D eigenvalue weighted by Crippen LogP contribution is -2.43. The van der Waals surface area contributed by atoms with Gasteiger partial charge in [-0.15, -0.1) is 0 Å². The van der Waals surface area contributed by atoms with Gasteiger partial charge in [-0.1, -0.05) is 30.3 Å². The van der Waals surface area contributed by atoms with Crippen LogP contribution in [0.3, 0.4) is 0 Å². The normalized spacial score (nSPS) is 15.4. The van der Waals surface area contributed by atoms with Gasteiger partial charge in [0.25, 0.3) is 0 Å². The van der Waals surface area contributed by atoms with E-state index < -0.39 is 0 Å². The zero-order valence-electron chi connectivity index (χ0n) is 15.3. The van der Waals surface area contributed by atoms with E-state index in [1.54, 1.807) is 18.3 Å². The lowest BCUT2D eigenvalue weighted by molar-refractivity contribution is 0.131. The topological polar surface area (TPSA) is 57.5 Å². The molecule has 0 bridgehead atoms. The van der Waals surface area contributed by atoms with Crippen LogP contribution in [-0.4, -0.2) is 61.6 Å². The van der Waals surface area contributed by atoms with Gasteiger partial charge < -0.3 is 14.6 Å². The van der Waals surface area contributed by atoms with Gasteiger partial charge in [0.2, 0.25) is 5.75 Å². The maximum atomic E-state index is 9.97. The van der Waals surface area contributed by atoms with Crippen molar-refractivity contribution in [2.24, 2.45) is 5.10 Å². The standard InChI is InChI=1S/C20H25N3O3/c1-25-18-12-17(13-19(26-2)20(18)24)14-21-23-10-8-22(9-11-23)15-16-6-4-3-5-7-16/h3-7,12-14,24H,8-11,15H2,1-2H3/b21-14+. The largest absolute Gasteiger partial charge is 0.502 e. The number of benzene rings is 2. The summed E-state index contributed by atoms with van der Waals surface area (Å²) in [5.41, 5.74) is 2.16. The third kappa shape index (κ3) is 4.46. The van der Waals surface area contributed by atoms with Crippen molar-refractivity contribution in [3.05, 3.63) is 53.6 Å². The number of ether oxygens (including phenoxy) is 2. The molecule has 1 aliphatic heterocycles. The summed E-state index contributed by atoms with van der Waals surface area (Å²) in [6.07, 6.45) is 1.78. The van der Waals surface area contributed by atoms with Crippen molar-refractivity contribution in [1.82, 2.24) is 9.91 Å². The Kier molecular flexibility index (Phi) is 5.96. The molecule has 1 fully saturated rings. The first-order chi connectivity index (χ1) is 12.7. The van der Waals surface area contributed by atoms with Crippen LogP contribution in [0.25, 0.3) is 0 Å². The van der Waals surface area contributed by atoms with Gasteiger partial charge in [-0.25, -0.2) is 0 Å². The Labute approximate surface area is 154 Å². The van der Waals surface area contributed by atoms with E-state index in [9.17, 15) is 5.11 Å². The van der Waals surface area contributed by atoms with E-state index >= 15 is 0 Å². The minimum atomic E-state index is 0.00155. The first-order valence-corrected chi connectivity index (χ1v) is 8.70. The predicted molar refractivity (Wildman–Crippen MR) is 102 cm³/mol. The molecular formula is C20H25N3O3. The molecule has 1 heterocycles. The number of piperazine rings is 1. The molecule has 0 aromatic heterocycles. The summed E-state index contributed by atoms with van der Waals surface area (Å²) in [5.74, 6) is 0.749. The molecule has 6 heteroatoms. The molecule has 1 saturated heterocycles. The molecule has 0 atom stereocenters. The highest BCUT2D eigenvalue weighted by Gasteiger charge is 2.15. The minimum Gasteiger partial charge on any atom is -0.502 e. The zero-order chi connectivity index (χ0) is 18.4. The predicted octanol–water partition coefficient (Wildman–Crippen LogP) is 2.56. The molecule has 0 saturated carbocycles. The molecule has 1 aliphatic rings. The third-order valence-corrected chi connectivity index (χ3v) is 4.47. The molecule has 2 aromatic rings. The molecule has 0 aliphatic carbocycles. The molecule has 0 spiro atoms. The molecule has 26 heavy (non-hydrogen) atoms. The fourth-order valence-corrected chi connectivity index (χ4v) is 2.99. The smallest absolute Gasteiger partial charge is 0.200 e. The summed E-state index contributed by atoms with van der Waals surface area (Å²) in [5, 5.41) is 16.6. The van der Waals surface area contributed by atoms with Crippen LogP contribution in [0.2, 0.25) is 0 Å². The Balaban J connectivity index is 1.57. The SMILES string of the molecule is COc1cc(/C=N/N2CCN(Cc3ccccc3)CC2)cc(OC)c1O. The summed E-state index contributed by atoms with van der Waals surface area (Å²) in [4.78, 5) is 2.44. The number of hydrogen-bond acceptors (Lipinski definition) is 6. The Morgan fingerprint density at radius 1 is 1.00 bits per heavy atom. The van der Waals surface area contributed by atoms with E-state index in [4.69, 9.17) is 9.47 Å². The van der Waals surface area contributed by atoms with E-state index in [0.29, 0.717) is 11.5 Å². The van der Waals surface area contributed by atoms with Gasteiger partial charge in [0.1, 0.15) is 0 Å². The van der Waals surface area contributed by atoms with Crippen molar-refractivity contribution in [1.29, 1.82) is 0 Å². The number of nitrogens with zero attached hydrogens (tertiary/aromatic N) is 3. The van der Waals surface area contributed by atoms with Crippen molar-refractivity contribution >= 4 is 6.21 Å². The molecule has 138 valence electrons. The Morgan fingerprint density at radius 2 is 1.62 bits per heavy atom. The quantitative estimate of drug-likeness (QED) is 0.807. The fraction of sp³-hybridized carbons (Fsp3) is 0.350. The molecule has 0 radical (unpaired) electrons. The van der Waals surface area contributed by atoms with E-state index in [0.717, 1.165) is 38.3 Å². The lowest BCUT2D eigenvalue weighted by Gasteiger charge is -2.33. The Hall–Kier alpha value is -2.73. The highest BCUT2D eigenvalue weighted by atomic mass is 16.5. The van der Waals surface area contributed by atoms with Crippen LogP contribution in [0.5, 0.6) is 17.2 Å². The van der Waals surface area contributed by atoms with Crippen molar-refractivity contribution in [3.63, 3.8) is 0 Å². The molecule has 3 rings (SSSR count). The molecule has 6 nitrogen and oxygen atoms in total. The maximum absolute atomic E-state index is 9.97. The Bertz CT molecular complexity index is 716. The highest BCUT2D eigenvalue weighted by Crippen LogP contribution is 2.36. The third-order valence-electron chi connectivity index (χ3n) is 4.47. The highest BCUT2D eigenvalue weighted by molar-refractivity contribution is 5.82. The second kappa shape index (κ2) is 8.58. The number of hydrazone groups is 1. The molecule has 0 unspecified atom stereocenters. The van der Waals surface area contributed by atoms with Gasteiger partial charge in [0.05, 0.1) is 20.4 Å². The number of aromatic hydroxyl groups is 1. The van der Waals surface area contributed by atoms with Crippen LogP contribution >= 0.6 is 0 Å². The average Bonchev–Trinajstić information content (AvgIpc) is 2.69. The van der Waals surface area contributed by atoms with Gasteiger partial charge in [-0.05, 0) is 17.7 Å². The van der Waals surface area contributed by atoms with Crippen molar-refractivity contribution in [2.75, 3.05) is 40.4 Å². The van der Waals surface area contributed by atoms with Crippen molar-refractivity contribution < 1.29 is 14.6 Å². The summed E-state index contributed by atoms with van der Waals surface area (Å²) in [7, 11) is 3.03. The van der Waals surface area contributed by atoms with Crippen LogP contribution in [0.15, 0.2) is 47.6 Å². The minimum absolute atomic E-state index is 0.00155. The van der Waals surface area contributed by atoms with Crippen LogP contribution in [0, 0.1) is 0 Å². The summed E-state index contributed by atoms with van der Waals surface area (Å²) in [6, 6.07) is 14.0. The summed E-state index contributed by atoms with van der Waals surface area (Å²) in [6.45, 7) is 4.71. The van der Waals surface area contributed by atoms with Crippen LogP contribution in [0.4, 0.5) is 0 Å². The number of methoxy groups -OCH3 is 2. The molecule has 0 amide bonds. The fourth-order valence-electron chi connectivity index (χ4n) is 2.99. The van der Waals surface area contributed by atoms with Crippen LogP contribution in [-0.2, 0) is 6.54 Å². The summed E-state index contributed by atoms with van der Waals surface area (Å²) < 4.78 is 10.4. The van der Waals surface area contributed by atoms with Gasteiger partial charge in [0, 0.05) is 38.3 Å². The van der Waals surface area contributed by atoms with Crippen LogP contribution < -0.4 is 9.47 Å². The Morgan fingerprint density at radius 3 is 2.19 bits per heavy atom. The maximum Gasteiger partial charge on any atom is 0.200 e. The first kappa shape index (κ1) is 18.1. The van der Waals surface area contributed by atoms with Crippen LogP contribution in [0.1, 0.15) is 11.1 Å². The zero-order valence-corrected chi connectivity index (χ0v) is 15.3. The molecular weight excluding hydrogens is 330 g/mol. The van der Waals surface area contributed by atoms with Gasteiger partial charge in [0.15, 0.2) is 11.5 Å². The number of hydrogen-bond donors (Lipinski definition) is 1. The second-order valence-electron chi connectivity index (χ2n) is 6.23. The van der Waals surface area contributed by atoms with Gasteiger partial charge in [-0.2, -0.15) is 5.10 Å². The van der Waals surface area contributed by atoms with E-state index in [2.05, 4.69) is 39.3 Å². The number of phenolic OH excluding ortho intramolecular Hbond substituents is 1. The first-order valence-electron chi connectivity index (χ1n) is 8.70. The van der Waals surface area contributed by atoms with Crippen molar-refractivity contribution in [2.45, 2.75) is 6.54 Å².